The van der Waals surface area contributed by atoms with E-state index in [0.29, 0.717) is 4.96 Å². The van der Waals surface area contributed by atoms with Crippen molar-refractivity contribution in [2.45, 2.75) is 24.2 Å². The highest BCUT2D eigenvalue weighted by atomic mass is 35.5. The lowest BCUT2D eigenvalue weighted by Crippen LogP contribution is -2.50. The molecule has 0 spiro atoms. The fourth-order valence-electron chi connectivity index (χ4n) is 2.39. The molecule has 1 saturated heterocycles. The molecule has 0 amide bonds. The Morgan fingerprint density at radius 3 is 3.05 bits per heavy atom. The second kappa shape index (κ2) is 5.49. The standard InChI is InChI=1S/C11H14ClN3O4S2/c1-7-4-14(5-8(6-16)19-7)21(17,18)10-9(12)13-11-15(10)2-3-20-11/h2-3,7-8,16H,4-6H2,1H3. The summed E-state index contributed by atoms with van der Waals surface area (Å²) < 4.78 is 33.9. The normalized spacial score (nSPS) is 24.7. The molecule has 0 saturated carbocycles. The van der Waals surface area contributed by atoms with Crippen LogP contribution in [0.4, 0.5) is 0 Å². The zero-order valence-electron chi connectivity index (χ0n) is 11.1. The predicted molar refractivity (Wildman–Crippen MR) is 78.3 cm³/mol. The highest BCUT2D eigenvalue weighted by molar-refractivity contribution is 7.89. The molecule has 3 heterocycles. The van der Waals surface area contributed by atoms with Crippen molar-refractivity contribution in [2.75, 3.05) is 19.7 Å². The van der Waals surface area contributed by atoms with E-state index in [2.05, 4.69) is 4.98 Å². The van der Waals surface area contributed by atoms with E-state index in [0.717, 1.165) is 0 Å². The van der Waals surface area contributed by atoms with Gasteiger partial charge in [-0.05, 0) is 6.92 Å². The molecule has 1 aliphatic rings. The number of hydrogen-bond acceptors (Lipinski definition) is 6. The molecule has 3 rings (SSSR count). The second-order valence-corrected chi connectivity index (χ2v) is 7.92. The van der Waals surface area contributed by atoms with Crippen LogP contribution in [0.25, 0.3) is 4.96 Å². The van der Waals surface area contributed by atoms with Gasteiger partial charge in [-0.3, -0.25) is 4.40 Å². The summed E-state index contributed by atoms with van der Waals surface area (Å²) in [5.41, 5.74) is 0. The first-order valence-electron chi connectivity index (χ1n) is 6.31. The summed E-state index contributed by atoms with van der Waals surface area (Å²) in [6.07, 6.45) is 0.794. The van der Waals surface area contributed by atoms with Gasteiger partial charge in [0.25, 0.3) is 10.0 Å². The Morgan fingerprint density at radius 1 is 1.57 bits per heavy atom. The zero-order valence-corrected chi connectivity index (χ0v) is 13.5. The Bertz CT molecular complexity index is 757. The van der Waals surface area contributed by atoms with Gasteiger partial charge in [-0.25, -0.2) is 13.4 Å². The third-order valence-corrected chi connectivity index (χ3v) is 6.25. The van der Waals surface area contributed by atoms with Crippen LogP contribution in [-0.2, 0) is 14.8 Å². The molecule has 0 aromatic carbocycles. The fourth-order valence-corrected chi connectivity index (χ4v) is 5.34. The van der Waals surface area contributed by atoms with Crippen molar-refractivity contribution in [1.82, 2.24) is 13.7 Å². The van der Waals surface area contributed by atoms with Crippen molar-refractivity contribution in [3.8, 4) is 0 Å². The maximum atomic E-state index is 12.8. The first kappa shape index (κ1) is 15.2. The number of thiazole rings is 1. The molecule has 7 nitrogen and oxygen atoms in total. The van der Waals surface area contributed by atoms with Crippen LogP contribution < -0.4 is 0 Å². The SMILES string of the molecule is CC1CN(S(=O)(=O)c2c(Cl)nc3sccn23)CC(CO)O1. The number of fused-ring (bicyclic) bond motifs is 1. The van der Waals surface area contributed by atoms with Gasteiger partial charge in [-0.2, -0.15) is 4.31 Å². The Morgan fingerprint density at radius 2 is 2.33 bits per heavy atom. The minimum atomic E-state index is -3.80. The lowest BCUT2D eigenvalue weighted by molar-refractivity contribution is -0.0751. The highest BCUT2D eigenvalue weighted by Crippen LogP contribution is 2.29. The molecule has 0 aliphatic carbocycles. The van der Waals surface area contributed by atoms with Gasteiger partial charge in [0.15, 0.2) is 15.1 Å². The van der Waals surface area contributed by atoms with E-state index in [4.69, 9.17) is 16.3 Å². The smallest absolute Gasteiger partial charge is 0.262 e. The molecule has 1 N–H and O–H groups in total. The van der Waals surface area contributed by atoms with Gasteiger partial charge >= 0.3 is 0 Å². The molecule has 0 radical (unpaired) electrons. The van der Waals surface area contributed by atoms with E-state index in [9.17, 15) is 13.5 Å². The number of aliphatic hydroxyl groups excluding tert-OH is 1. The van der Waals surface area contributed by atoms with Crippen LogP contribution in [0.2, 0.25) is 5.15 Å². The first-order valence-corrected chi connectivity index (χ1v) is 9.00. The first-order chi connectivity index (χ1) is 9.93. The zero-order chi connectivity index (χ0) is 15.2. The van der Waals surface area contributed by atoms with Crippen LogP contribution in [0, 0.1) is 0 Å². The van der Waals surface area contributed by atoms with E-state index in [1.165, 1.54) is 20.0 Å². The van der Waals surface area contributed by atoms with Crippen molar-refractivity contribution in [3.63, 3.8) is 0 Å². The number of imidazole rings is 1. The van der Waals surface area contributed by atoms with E-state index >= 15 is 0 Å². The van der Waals surface area contributed by atoms with E-state index in [1.807, 2.05) is 0 Å². The minimum absolute atomic E-state index is 0.0359. The molecule has 10 heteroatoms. The number of hydrogen-bond donors (Lipinski definition) is 1. The number of aliphatic hydroxyl groups is 1. The molecule has 2 unspecified atom stereocenters. The third-order valence-electron chi connectivity index (χ3n) is 3.26. The van der Waals surface area contributed by atoms with Gasteiger partial charge in [0, 0.05) is 24.7 Å². The predicted octanol–water partition coefficient (Wildman–Crippen LogP) is 0.820. The van der Waals surface area contributed by atoms with Gasteiger partial charge in [0.2, 0.25) is 0 Å². The van der Waals surface area contributed by atoms with Crippen molar-refractivity contribution in [2.24, 2.45) is 0 Å². The van der Waals surface area contributed by atoms with E-state index in [1.54, 1.807) is 18.5 Å². The fraction of sp³-hybridized carbons (Fsp3) is 0.545. The van der Waals surface area contributed by atoms with Crippen molar-refractivity contribution < 1.29 is 18.3 Å². The maximum Gasteiger partial charge on any atom is 0.262 e. The van der Waals surface area contributed by atoms with Gasteiger partial charge in [-0.1, -0.05) is 11.6 Å². The van der Waals surface area contributed by atoms with Crippen LogP contribution in [-0.4, -0.2) is 59.1 Å². The van der Waals surface area contributed by atoms with Gasteiger partial charge in [0.1, 0.15) is 0 Å². The summed E-state index contributed by atoms with van der Waals surface area (Å²) in [5, 5.41) is 10.9. The van der Waals surface area contributed by atoms with E-state index < -0.39 is 16.1 Å². The average Bonchev–Trinajstić information content (AvgIpc) is 2.97. The van der Waals surface area contributed by atoms with Gasteiger partial charge in [0.05, 0.1) is 18.8 Å². The quantitative estimate of drug-likeness (QED) is 0.885. The van der Waals surface area contributed by atoms with Crippen molar-refractivity contribution in [3.05, 3.63) is 16.7 Å². The summed E-state index contributed by atoms with van der Waals surface area (Å²) in [5.74, 6) is 0. The maximum absolute atomic E-state index is 12.8. The summed E-state index contributed by atoms with van der Waals surface area (Å²) in [6, 6.07) is 0. The minimum Gasteiger partial charge on any atom is -0.394 e. The molecule has 21 heavy (non-hydrogen) atoms. The number of nitrogens with zero attached hydrogens (tertiary/aromatic N) is 3. The molecule has 2 aromatic heterocycles. The molecule has 2 aromatic rings. The van der Waals surface area contributed by atoms with Crippen LogP contribution >= 0.6 is 22.9 Å². The summed E-state index contributed by atoms with van der Waals surface area (Å²) in [7, 11) is -3.80. The lowest BCUT2D eigenvalue weighted by Gasteiger charge is -2.34. The molecular formula is C11H14ClN3O4S2. The number of halogens is 1. The monoisotopic (exact) mass is 351 g/mol. The largest absolute Gasteiger partial charge is 0.394 e. The summed E-state index contributed by atoms with van der Waals surface area (Å²) in [6.45, 7) is 1.84. The van der Waals surface area contributed by atoms with Crippen LogP contribution in [0.1, 0.15) is 6.92 Å². The third kappa shape index (κ3) is 2.58. The Labute approximate surface area is 130 Å². The van der Waals surface area contributed by atoms with Crippen molar-refractivity contribution in [1.29, 1.82) is 0 Å². The van der Waals surface area contributed by atoms with Crippen LogP contribution in [0.5, 0.6) is 0 Å². The topological polar surface area (TPSA) is 84.1 Å². The van der Waals surface area contributed by atoms with Crippen LogP contribution in [0.3, 0.4) is 0 Å². The molecular weight excluding hydrogens is 338 g/mol. The Kier molecular flexibility index (Phi) is 3.97. The molecule has 0 bridgehead atoms. The molecule has 1 aliphatic heterocycles. The van der Waals surface area contributed by atoms with Crippen LogP contribution in [0.15, 0.2) is 16.6 Å². The molecule has 116 valence electrons. The number of morpholine rings is 1. The van der Waals surface area contributed by atoms with Crippen molar-refractivity contribution >= 4 is 37.9 Å². The number of ether oxygens (including phenoxy) is 1. The molecule has 1 fully saturated rings. The van der Waals surface area contributed by atoms with Gasteiger partial charge in [-0.15, -0.1) is 11.3 Å². The second-order valence-electron chi connectivity index (χ2n) is 4.84. The van der Waals surface area contributed by atoms with Gasteiger partial charge < -0.3 is 9.84 Å². The number of sulfonamides is 1. The van der Waals surface area contributed by atoms with E-state index in [-0.39, 0.29) is 36.0 Å². The summed E-state index contributed by atoms with van der Waals surface area (Å²) >= 11 is 7.32. The lowest BCUT2D eigenvalue weighted by atomic mass is 10.2. The Hall–Kier alpha value is -0.710. The Balaban J connectivity index is 2.03. The summed E-state index contributed by atoms with van der Waals surface area (Å²) in [4.78, 5) is 4.58. The number of rotatable bonds is 3. The average molecular weight is 352 g/mol. The highest BCUT2D eigenvalue weighted by Gasteiger charge is 2.37. The number of aromatic nitrogens is 2. The molecule has 2 atom stereocenters.